The molecule has 3 aromatic rings. The van der Waals surface area contributed by atoms with Gasteiger partial charge in [-0.05, 0) is 30.7 Å². The quantitative estimate of drug-likeness (QED) is 0.731. The summed E-state index contributed by atoms with van der Waals surface area (Å²) in [6.07, 6.45) is 1.72. The number of rotatable bonds is 5. The van der Waals surface area contributed by atoms with Crippen LogP contribution in [0.4, 0.5) is 17.5 Å². The molecule has 6 heteroatoms. The minimum Gasteiger partial charge on any atom is -0.454 e. The van der Waals surface area contributed by atoms with Gasteiger partial charge in [0.25, 0.3) is 0 Å². The summed E-state index contributed by atoms with van der Waals surface area (Å²) in [6, 6.07) is 17.9. The first-order chi connectivity index (χ1) is 12.3. The molecular weight excluding hydrogens is 316 g/mol. The first-order valence-electron chi connectivity index (χ1n) is 8.09. The summed E-state index contributed by atoms with van der Waals surface area (Å²) in [5.74, 6) is 2.74. The molecule has 1 aliphatic rings. The third-order valence-corrected chi connectivity index (χ3v) is 3.95. The molecule has 25 heavy (non-hydrogen) atoms. The van der Waals surface area contributed by atoms with Gasteiger partial charge in [-0.25, -0.2) is 4.98 Å². The number of nitrogens with zero attached hydrogens (tertiary/aromatic N) is 2. The Labute approximate surface area is 145 Å². The van der Waals surface area contributed by atoms with E-state index < -0.39 is 0 Å². The Hall–Kier alpha value is -3.28. The van der Waals surface area contributed by atoms with E-state index in [2.05, 4.69) is 39.7 Å². The molecule has 0 radical (unpaired) electrons. The van der Waals surface area contributed by atoms with E-state index in [0.29, 0.717) is 5.95 Å². The van der Waals surface area contributed by atoms with Crippen LogP contribution in [0.3, 0.4) is 0 Å². The van der Waals surface area contributed by atoms with Crippen molar-refractivity contribution < 1.29 is 9.47 Å². The van der Waals surface area contributed by atoms with Gasteiger partial charge in [-0.2, -0.15) is 4.98 Å². The van der Waals surface area contributed by atoms with Crippen LogP contribution in [0.15, 0.2) is 60.8 Å². The van der Waals surface area contributed by atoms with Crippen LogP contribution in [-0.4, -0.2) is 16.8 Å². The lowest BCUT2D eigenvalue weighted by molar-refractivity contribution is 0.174. The number of nitrogens with one attached hydrogen (secondary N) is 2. The molecule has 4 rings (SSSR count). The van der Waals surface area contributed by atoms with Crippen LogP contribution >= 0.6 is 0 Å². The zero-order valence-electron chi connectivity index (χ0n) is 13.8. The van der Waals surface area contributed by atoms with Crippen LogP contribution in [0.2, 0.25) is 0 Å². The maximum Gasteiger partial charge on any atom is 0.231 e. The van der Waals surface area contributed by atoms with E-state index in [4.69, 9.17) is 9.47 Å². The number of hydrogen-bond donors (Lipinski definition) is 2. The van der Waals surface area contributed by atoms with E-state index in [1.165, 1.54) is 5.56 Å². The molecule has 2 aromatic carbocycles. The highest BCUT2D eigenvalue weighted by Gasteiger charge is 2.13. The molecule has 1 aliphatic heterocycles. The van der Waals surface area contributed by atoms with Crippen molar-refractivity contribution in [2.24, 2.45) is 0 Å². The Morgan fingerprint density at radius 2 is 1.84 bits per heavy atom. The van der Waals surface area contributed by atoms with Crippen molar-refractivity contribution in [2.75, 3.05) is 17.4 Å². The largest absolute Gasteiger partial charge is 0.454 e. The zero-order chi connectivity index (χ0) is 17.1. The monoisotopic (exact) mass is 334 g/mol. The molecule has 0 spiro atoms. The average molecular weight is 334 g/mol. The van der Waals surface area contributed by atoms with Crippen LogP contribution in [0, 0.1) is 0 Å². The molecule has 0 saturated carbocycles. The van der Waals surface area contributed by atoms with Gasteiger partial charge in [0.1, 0.15) is 5.82 Å². The Balaban J connectivity index is 1.48. The molecule has 0 saturated heterocycles. The van der Waals surface area contributed by atoms with Crippen molar-refractivity contribution in [3.05, 3.63) is 66.4 Å². The predicted octanol–water partition coefficient (Wildman–Crippen LogP) is 4.12. The fraction of sp³-hybridized carbons (Fsp3) is 0.158. The van der Waals surface area contributed by atoms with E-state index in [-0.39, 0.29) is 12.8 Å². The lowest BCUT2D eigenvalue weighted by atomic mass is 10.1. The first-order valence-corrected chi connectivity index (χ1v) is 8.09. The van der Waals surface area contributed by atoms with E-state index >= 15 is 0 Å². The van der Waals surface area contributed by atoms with Gasteiger partial charge >= 0.3 is 0 Å². The minimum absolute atomic E-state index is 0.148. The molecule has 6 nitrogen and oxygen atoms in total. The van der Waals surface area contributed by atoms with Gasteiger partial charge in [0.15, 0.2) is 11.5 Å². The van der Waals surface area contributed by atoms with Crippen LogP contribution in [0.25, 0.3) is 0 Å². The van der Waals surface area contributed by atoms with Gasteiger partial charge in [-0.1, -0.05) is 30.3 Å². The molecule has 1 unspecified atom stereocenters. The highest BCUT2D eigenvalue weighted by Crippen LogP contribution is 2.34. The topological polar surface area (TPSA) is 68.3 Å². The summed E-state index contributed by atoms with van der Waals surface area (Å²) in [5, 5.41) is 6.58. The fourth-order valence-corrected chi connectivity index (χ4v) is 2.65. The van der Waals surface area contributed by atoms with Gasteiger partial charge in [-0.15, -0.1) is 0 Å². The molecule has 0 aliphatic carbocycles. The standard InChI is InChI=1S/C19H18N4O2/c1-13(14-5-3-2-4-6-14)21-18-9-10-20-19(23-18)22-15-7-8-16-17(11-15)25-12-24-16/h2-11,13H,12H2,1H3,(H2,20,21,22,23). The summed E-state index contributed by atoms with van der Waals surface area (Å²) >= 11 is 0. The summed E-state index contributed by atoms with van der Waals surface area (Å²) in [4.78, 5) is 8.80. The second-order valence-corrected chi connectivity index (χ2v) is 5.74. The summed E-state index contributed by atoms with van der Waals surface area (Å²) in [5.41, 5.74) is 2.05. The van der Waals surface area contributed by atoms with Crippen molar-refractivity contribution in [2.45, 2.75) is 13.0 Å². The van der Waals surface area contributed by atoms with Crippen molar-refractivity contribution in [1.29, 1.82) is 0 Å². The maximum absolute atomic E-state index is 5.39. The fourth-order valence-electron chi connectivity index (χ4n) is 2.65. The van der Waals surface area contributed by atoms with Crippen molar-refractivity contribution >= 4 is 17.5 Å². The van der Waals surface area contributed by atoms with E-state index in [1.807, 2.05) is 42.5 Å². The number of aromatic nitrogens is 2. The molecule has 1 aromatic heterocycles. The van der Waals surface area contributed by atoms with Crippen molar-refractivity contribution in [3.63, 3.8) is 0 Å². The molecule has 0 bridgehead atoms. The Morgan fingerprint density at radius 1 is 1.00 bits per heavy atom. The van der Waals surface area contributed by atoms with Gasteiger partial charge in [0, 0.05) is 24.0 Å². The van der Waals surface area contributed by atoms with Crippen LogP contribution < -0.4 is 20.1 Å². The summed E-state index contributed by atoms with van der Waals surface area (Å²) in [6.45, 7) is 2.36. The SMILES string of the molecule is CC(Nc1ccnc(Nc2ccc3c(c2)OCO3)n1)c1ccccc1. The highest BCUT2D eigenvalue weighted by molar-refractivity contribution is 5.61. The van der Waals surface area contributed by atoms with Gasteiger partial charge in [0.05, 0.1) is 0 Å². The number of hydrogen-bond acceptors (Lipinski definition) is 6. The Bertz CT molecular complexity index is 870. The van der Waals surface area contributed by atoms with Gasteiger partial charge in [0.2, 0.25) is 12.7 Å². The number of ether oxygens (including phenoxy) is 2. The lowest BCUT2D eigenvalue weighted by Gasteiger charge is -2.15. The molecule has 2 N–H and O–H groups in total. The molecule has 0 amide bonds. The van der Waals surface area contributed by atoms with Gasteiger partial charge in [-0.3, -0.25) is 0 Å². The third kappa shape index (κ3) is 3.47. The summed E-state index contributed by atoms with van der Waals surface area (Å²) < 4.78 is 10.7. The van der Waals surface area contributed by atoms with Crippen LogP contribution in [-0.2, 0) is 0 Å². The molecule has 2 heterocycles. The maximum atomic E-state index is 5.39. The number of fused-ring (bicyclic) bond motifs is 1. The normalized spacial score (nSPS) is 13.3. The predicted molar refractivity (Wildman–Crippen MR) is 96.4 cm³/mol. The van der Waals surface area contributed by atoms with E-state index in [1.54, 1.807) is 6.20 Å². The van der Waals surface area contributed by atoms with Crippen LogP contribution in [0.5, 0.6) is 11.5 Å². The molecule has 0 fully saturated rings. The zero-order valence-corrected chi connectivity index (χ0v) is 13.8. The Kier molecular flexibility index (Phi) is 4.08. The third-order valence-electron chi connectivity index (χ3n) is 3.95. The number of benzene rings is 2. The average Bonchev–Trinajstić information content (AvgIpc) is 3.10. The smallest absolute Gasteiger partial charge is 0.231 e. The van der Waals surface area contributed by atoms with Crippen LogP contribution in [0.1, 0.15) is 18.5 Å². The number of anilines is 3. The lowest BCUT2D eigenvalue weighted by Crippen LogP contribution is -2.09. The van der Waals surface area contributed by atoms with E-state index in [0.717, 1.165) is 23.0 Å². The second-order valence-electron chi connectivity index (χ2n) is 5.74. The first kappa shape index (κ1) is 15.3. The second kappa shape index (κ2) is 6.68. The minimum atomic E-state index is 0.148. The highest BCUT2D eigenvalue weighted by atomic mass is 16.7. The molecule has 126 valence electrons. The summed E-state index contributed by atoms with van der Waals surface area (Å²) in [7, 11) is 0. The molecule has 1 atom stereocenters. The Morgan fingerprint density at radius 3 is 2.72 bits per heavy atom. The van der Waals surface area contributed by atoms with Gasteiger partial charge < -0.3 is 20.1 Å². The van der Waals surface area contributed by atoms with E-state index in [9.17, 15) is 0 Å². The van der Waals surface area contributed by atoms with Crippen molar-refractivity contribution in [3.8, 4) is 11.5 Å². The van der Waals surface area contributed by atoms with Crippen molar-refractivity contribution in [1.82, 2.24) is 9.97 Å². The molecular formula is C19H18N4O2.